The van der Waals surface area contributed by atoms with E-state index in [0.29, 0.717) is 0 Å². The Balaban J connectivity index is 1.29. The minimum atomic E-state index is 0.0656. The first-order chi connectivity index (χ1) is 26.1. The van der Waals surface area contributed by atoms with Gasteiger partial charge >= 0.3 is 0 Å². The SMILES string of the molecule is CCC12CCCCC1(CC)N1c3cccc4c3B(c3ccc(-c5ccccc5)c2c31)c1ccc(-c2ccccc2)c2c1N4C1(CC)CCCCC21CC. The standard InChI is InChI=1S/C50H53BN2/c1-5-47-30-15-17-32-49(47,7-3)52-40-24-19-25-41-44(40)51(38-28-26-36(42(47)45(38)52)34-20-11-9-12-21-34)39-29-27-37(35-22-13-10-14-23-35)43-46(39)53(41)50(8-4)33-18-16-31-48(43,50)6-2/h9-14,19-29H,5-8,15-18,30-33H2,1-4H3. The van der Waals surface area contributed by atoms with Gasteiger partial charge in [0.05, 0.1) is 11.1 Å². The predicted molar refractivity (Wildman–Crippen MR) is 226 cm³/mol. The molecule has 4 heterocycles. The second-order valence-corrected chi connectivity index (χ2v) is 17.5. The van der Waals surface area contributed by atoms with Crippen LogP contribution in [0.15, 0.2) is 103 Å². The van der Waals surface area contributed by atoms with Gasteiger partial charge in [0.25, 0.3) is 6.71 Å². The third kappa shape index (κ3) is 3.55. The van der Waals surface area contributed by atoms with E-state index in [1.165, 1.54) is 111 Å². The third-order valence-electron chi connectivity index (χ3n) is 16.3. The lowest BCUT2D eigenvalue weighted by molar-refractivity contribution is 0.147. The fourth-order valence-corrected chi connectivity index (χ4v) is 14.4. The maximum atomic E-state index is 3.00. The topological polar surface area (TPSA) is 6.48 Å². The molecule has 11 rings (SSSR count). The van der Waals surface area contributed by atoms with E-state index in [0.717, 1.165) is 0 Å². The molecule has 53 heavy (non-hydrogen) atoms. The van der Waals surface area contributed by atoms with Crippen LogP contribution < -0.4 is 26.2 Å². The molecule has 2 nitrogen and oxygen atoms in total. The van der Waals surface area contributed by atoms with Crippen molar-refractivity contribution in [1.29, 1.82) is 0 Å². The Morgan fingerprint density at radius 3 is 1.32 bits per heavy atom. The molecule has 0 aromatic heterocycles. The van der Waals surface area contributed by atoms with Crippen molar-refractivity contribution >= 4 is 45.9 Å². The number of rotatable bonds is 6. The molecule has 2 saturated carbocycles. The van der Waals surface area contributed by atoms with E-state index in [9.17, 15) is 0 Å². The molecule has 0 amide bonds. The molecule has 266 valence electrons. The molecule has 6 aliphatic rings. The fourth-order valence-electron chi connectivity index (χ4n) is 14.4. The first kappa shape index (κ1) is 32.2. The second-order valence-electron chi connectivity index (χ2n) is 17.5. The Labute approximate surface area is 317 Å². The first-order valence-electron chi connectivity index (χ1n) is 21.3. The van der Waals surface area contributed by atoms with Crippen molar-refractivity contribution in [2.45, 2.75) is 127 Å². The van der Waals surface area contributed by atoms with Gasteiger partial charge in [-0.3, -0.25) is 0 Å². The van der Waals surface area contributed by atoms with Crippen molar-refractivity contribution in [2.24, 2.45) is 0 Å². The second kappa shape index (κ2) is 11.2. The lowest BCUT2D eigenvalue weighted by Gasteiger charge is -2.57. The van der Waals surface area contributed by atoms with Gasteiger partial charge in [0.15, 0.2) is 0 Å². The van der Waals surface area contributed by atoms with Crippen LogP contribution in [0.2, 0.25) is 0 Å². The van der Waals surface area contributed by atoms with E-state index in [1.807, 2.05) is 0 Å². The first-order valence-corrected chi connectivity index (χ1v) is 21.3. The zero-order valence-electron chi connectivity index (χ0n) is 32.3. The zero-order valence-corrected chi connectivity index (χ0v) is 32.3. The molecule has 5 aromatic carbocycles. The molecule has 0 radical (unpaired) electrons. The minimum absolute atomic E-state index is 0.0656. The van der Waals surface area contributed by atoms with E-state index in [2.05, 4.69) is 141 Å². The Morgan fingerprint density at radius 2 is 0.906 bits per heavy atom. The maximum absolute atomic E-state index is 3.00. The van der Waals surface area contributed by atoms with Gasteiger partial charge in [0.1, 0.15) is 0 Å². The van der Waals surface area contributed by atoms with E-state index < -0.39 is 0 Å². The lowest BCUT2D eigenvalue weighted by atomic mass is 9.33. The van der Waals surface area contributed by atoms with Gasteiger partial charge < -0.3 is 9.80 Å². The summed E-state index contributed by atoms with van der Waals surface area (Å²) in [7, 11) is 0. The van der Waals surface area contributed by atoms with Crippen molar-refractivity contribution in [2.75, 3.05) is 9.80 Å². The third-order valence-corrected chi connectivity index (χ3v) is 16.3. The Kier molecular flexibility index (Phi) is 6.78. The number of nitrogens with zero attached hydrogens (tertiary/aromatic N) is 2. The van der Waals surface area contributed by atoms with Crippen LogP contribution in [-0.2, 0) is 10.8 Å². The van der Waals surface area contributed by atoms with Crippen LogP contribution in [0.25, 0.3) is 22.3 Å². The molecular weight excluding hydrogens is 639 g/mol. The molecule has 5 aromatic rings. The van der Waals surface area contributed by atoms with Crippen LogP contribution in [0.5, 0.6) is 0 Å². The Bertz CT molecular complexity index is 2140. The van der Waals surface area contributed by atoms with E-state index in [4.69, 9.17) is 0 Å². The average molecular weight is 693 g/mol. The van der Waals surface area contributed by atoms with Crippen LogP contribution in [-0.4, -0.2) is 17.8 Å². The summed E-state index contributed by atoms with van der Waals surface area (Å²) in [6.07, 6.45) is 15.0. The number of hydrogen-bond donors (Lipinski definition) is 0. The van der Waals surface area contributed by atoms with Crippen LogP contribution in [0, 0.1) is 0 Å². The summed E-state index contributed by atoms with van der Waals surface area (Å²) >= 11 is 0. The molecule has 2 aliphatic carbocycles. The average Bonchev–Trinajstić information content (AvgIpc) is 3.67. The summed E-state index contributed by atoms with van der Waals surface area (Å²) in [4.78, 5) is 5.99. The summed E-state index contributed by atoms with van der Waals surface area (Å²) in [5.74, 6) is 0. The van der Waals surface area contributed by atoms with E-state index >= 15 is 0 Å². The summed E-state index contributed by atoms with van der Waals surface area (Å²) < 4.78 is 0. The Morgan fingerprint density at radius 1 is 0.472 bits per heavy atom. The van der Waals surface area contributed by atoms with Crippen molar-refractivity contribution in [3.05, 3.63) is 114 Å². The molecule has 0 saturated heterocycles. The largest absolute Gasteiger partial charge is 0.335 e. The van der Waals surface area contributed by atoms with Crippen LogP contribution in [0.3, 0.4) is 0 Å². The summed E-state index contributed by atoms with van der Waals surface area (Å²) in [5, 5.41) is 0. The minimum Gasteiger partial charge on any atom is -0.335 e. The normalized spacial score (nSPS) is 28.3. The van der Waals surface area contributed by atoms with Crippen molar-refractivity contribution in [3.63, 3.8) is 0 Å². The number of fused-ring (bicyclic) bond motifs is 10. The highest BCUT2D eigenvalue weighted by Gasteiger charge is 2.67. The molecule has 0 spiro atoms. The fraction of sp³-hybridized carbons (Fsp3) is 0.400. The summed E-state index contributed by atoms with van der Waals surface area (Å²) in [5.41, 5.74) is 20.2. The Hall–Kier alpha value is -4.24. The predicted octanol–water partition coefficient (Wildman–Crippen LogP) is 11.2. The number of anilines is 4. The number of benzene rings is 5. The van der Waals surface area contributed by atoms with Gasteiger partial charge in [-0.05, 0) is 113 Å². The van der Waals surface area contributed by atoms with Gasteiger partial charge in [-0.15, -0.1) is 0 Å². The highest BCUT2D eigenvalue weighted by atomic mass is 15.3. The molecule has 4 atom stereocenters. The molecule has 4 aliphatic heterocycles. The monoisotopic (exact) mass is 692 g/mol. The van der Waals surface area contributed by atoms with Gasteiger partial charge in [-0.2, -0.15) is 0 Å². The molecule has 2 fully saturated rings. The van der Waals surface area contributed by atoms with Gasteiger partial charge in [-0.25, -0.2) is 0 Å². The van der Waals surface area contributed by atoms with Gasteiger partial charge in [-0.1, -0.05) is 144 Å². The van der Waals surface area contributed by atoms with E-state index in [1.54, 1.807) is 38.9 Å². The van der Waals surface area contributed by atoms with E-state index in [-0.39, 0.29) is 28.6 Å². The smallest absolute Gasteiger partial charge is 0.252 e. The van der Waals surface area contributed by atoms with Crippen molar-refractivity contribution in [3.8, 4) is 22.3 Å². The van der Waals surface area contributed by atoms with Crippen molar-refractivity contribution < 1.29 is 0 Å². The molecular formula is C50H53BN2. The van der Waals surface area contributed by atoms with Crippen LogP contribution >= 0.6 is 0 Å². The zero-order chi connectivity index (χ0) is 35.7. The van der Waals surface area contributed by atoms with Gasteiger partial charge in [0, 0.05) is 33.6 Å². The van der Waals surface area contributed by atoms with Crippen LogP contribution in [0.4, 0.5) is 22.7 Å². The highest BCUT2D eigenvalue weighted by molar-refractivity contribution is 7.00. The van der Waals surface area contributed by atoms with Crippen molar-refractivity contribution in [1.82, 2.24) is 0 Å². The molecule has 4 unspecified atom stereocenters. The highest BCUT2D eigenvalue weighted by Crippen LogP contribution is 2.69. The molecule has 0 bridgehead atoms. The molecule has 0 N–H and O–H groups in total. The lowest BCUT2D eigenvalue weighted by Crippen LogP contribution is -2.67. The number of hydrogen-bond acceptors (Lipinski definition) is 2. The quantitative estimate of drug-likeness (QED) is 0.164. The summed E-state index contributed by atoms with van der Waals surface area (Å²) in [6, 6.07) is 40.6. The summed E-state index contributed by atoms with van der Waals surface area (Å²) in [6.45, 7) is 10.3. The maximum Gasteiger partial charge on any atom is 0.252 e. The van der Waals surface area contributed by atoms with Gasteiger partial charge in [0.2, 0.25) is 0 Å². The van der Waals surface area contributed by atoms with Crippen LogP contribution in [0.1, 0.15) is 116 Å². The molecule has 3 heteroatoms.